The number of fused-ring (bicyclic) bond motifs is 1. The molecule has 3 rings (SSSR count). The molecule has 1 aromatic carbocycles. The van der Waals surface area contributed by atoms with Crippen molar-refractivity contribution in [2.24, 2.45) is 5.92 Å². The van der Waals surface area contributed by atoms with Crippen molar-refractivity contribution in [2.75, 3.05) is 13.1 Å². The van der Waals surface area contributed by atoms with Gasteiger partial charge in [-0.25, -0.2) is 4.79 Å². The Labute approximate surface area is 111 Å². The minimum Gasteiger partial charge on any atom is -0.490 e. The zero-order chi connectivity index (χ0) is 13.5. The van der Waals surface area contributed by atoms with Crippen molar-refractivity contribution in [1.29, 1.82) is 0 Å². The minimum atomic E-state index is -0.955. The van der Waals surface area contributed by atoms with E-state index in [0.29, 0.717) is 19.4 Å². The Morgan fingerprint density at radius 3 is 2.74 bits per heavy atom. The molecule has 0 bridgehead atoms. The van der Waals surface area contributed by atoms with Gasteiger partial charge in [0.15, 0.2) is 0 Å². The Morgan fingerprint density at radius 2 is 2.11 bits per heavy atom. The number of carbonyl (C=O) groups is 1. The Balaban J connectivity index is 1.65. The molecule has 1 aliphatic carbocycles. The minimum absolute atomic E-state index is 0.0164. The molecule has 0 aromatic heterocycles. The summed E-state index contributed by atoms with van der Waals surface area (Å²) in [4.78, 5) is 12.2. The van der Waals surface area contributed by atoms with E-state index in [-0.39, 0.29) is 18.6 Å². The maximum absolute atomic E-state index is 10.9. The molecule has 19 heavy (non-hydrogen) atoms. The Morgan fingerprint density at radius 1 is 1.37 bits per heavy atom. The number of carboxylic acid groups (broad SMARTS) is 1. The zero-order valence-corrected chi connectivity index (χ0v) is 10.5. The standard InChI is InChI=1S/C14H17NO4/c16-13(17)15-8-10-6-12(7-14(10,18)9-15)19-11-4-2-1-3-5-11/h1-5,10,12,18H,6-9H2,(H,16,17)/t10-,12+,14-/m0/s1. The number of hydrogen-bond donors (Lipinski definition) is 2. The lowest BCUT2D eigenvalue weighted by molar-refractivity contribution is 0.0223. The first-order valence-corrected chi connectivity index (χ1v) is 6.49. The number of β-amino-alcohol motifs (C(OH)–C–C–N with tert-alkyl or cyclic N) is 1. The van der Waals surface area contributed by atoms with Gasteiger partial charge in [0.2, 0.25) is 0 Å². The predicted molar refractivity (Wildman–Crippen MR) is 68.1 cm³/mol. The highest BCUT2D eigenvalue weighted by atomic mass is 16.5. The molecular formula is C14H17NO4. The molecule has 3 atom stereocenters. The van der Waals surface area contributed by atoms with Gasteiger partial charge in [0.05, 0.1) is 12.1 Å². The highest BCUT2D eigenvalue weighted by Gasteiger charge is 2.53. The summed E-state index contributed by atoms with van der Waals surface area (Å²) in [5.41, 5.74) is -0.919. The zero-order valence-electron chi connectivity index (χ0n) is 10.5. The van der Waals surface area contributed by atoms with Gasteiger partial charge in [-0.15, -0.1) is 0 Å². The average molecular weight is 263 g/mol. The van der Waals surface area contributed by atoms with Crippen LogP contribution >= 0.6 is 0 Å². The summed E-state index contributed by atoms with van der Waals surface area (Å²) in [6.45, 7) is 0.599. The Kier molecular flexibility index (Phi) is 2.86. The lowest BCUT2D eigenvalue weighted by Gasteiger charge is -2.22. The molecule has 0 spiro atoms. The van der Waals surface area contributed by atoms with Crippen molar-refractivity contribution in [3.8, 4) is 5.75 Å². The summed E-state index contributed by atoms with van der Waals surface area (Å²) in [5.74, 6) is 0.781. The molecule has 1 amide bonds. The molecule has 2 aliphatic rings. The number of para-hydroxylation sites is 1. The van der Waals surface area contributed by atoms with E-state index >= 15 is 0 Å². The van der Waals surface area contributed by atoms with Gasteiger partial charge in [-0.2, -0.15) is 0 Å². The van der Waals surface area contributed by atoms with E-state index < -0.39 is 11.7 Å². The van der Waals surface area contributed by atoms with Gasteiger partial charge in [-0.3, -0.25) is 0 Å². The molecule has 5 heteroatoms. The first kappa shape index (κ1) is 12.3. The number of ether oxygens (including phenoxy) is 1. The van der Waals surface area contributed by atoms with Crippen LogP contribution in [0.5, 0.6) is 5.75 Å². The number of aliphatic hydroxyl groups is 1. The first-order chi connectivity index (χ1) is 9.07. The molecular weight excluding hydrogens is 246 g/mol. The van der Waals surface area contributed by atoms with Gasteiger partial charge in [0, 0.05) is 18.9 Å². The van der Waals surface area contributed by atoms with E-state index in [1.807, 2.05) is 30.3 Å². The van der Waals surface area contributed by atoms with Gasteiger partial charge in [0.25, 0.3) is 0 Å². The number of amides is 1. The molecule has 1 aliphatic heterocycles. The molecule has 0 unspecified atom stereocenters. The molecule has 2 fully saturated rings. The number of rotatable bonds is 2. The van der Waals surface area contributed by atoms with Crippen molar-refractivity contribution in [3.63, 3.8) is 0 Å². The summed E-state index contributed by atoms with van der Waals surface area (Å²) in [6.07, 6.45) is 0.211. The highest BCUT2D eigenvalue weighted by Crippen LogP contribution is 2.43. The number of likely N-dealkylation sites (tertiary alicyclic amines) is 1. The van der Waals surface area contributed by atoms with Crippen molar-refractivity contribution in [1.82, 2.24) is 4.90 Å². The summed E-state index contributed by atoms with van der Waals surface area (Å²) < 4.78 is 5.85. The molecule has 2 N–H and O–H groups in total. The molecule has 1 heterocycles. The van der Waals surface area contributed by atoms with E-state index in [9.17, 15) is 9.90 Å². The lowest BCUT2D eigenvalue weighted by Crippen LogP contribution is -2.37. The van der Waals surface area contributed by atoms with E-state index in [4.69, 9.17) is 9.84 Å². The first-order valence-electron chi connectivity index (χ1n) is 6.49. The monoisotopic (exact) mass is 263 g/mol. The third-order valence-corrected chi connectivity index (χ3v) is 4.11. The van der Waals surface area contributed by atoms with Crippen molar-refractivity contribution >= 4 is 6.09 Å². The number of benzene rings is 1. The van der Waals surface area contributed by atoms with Gasteiger partial charge in [-0.1, -0.05) is 18.2 Å². The molecule has 1 saturated carbocycles. The topological polar surface area (TPSA) is 70.0 Å². The summed E-state index contributed by atoms with van der Waals surface area (Å²) in [7, 11) is 0. The lowest BCUT2D eigenvalue weighted by atomic mass is 9.95. The molecule has 1 aromatic rings. The van der Waals surface area contributed by atoms with Crippen LogP contribution in [0.2, 0.25) is 0 Å². The molecule has 1 saturated heterocycles. The van der Waals surface area contributed by atoms with Gasteiger partial charge in [0.1, 0.15) is 11.9 Å². The van der Waals surface area contributed by atoms with Crippen molar-refractivity contribution in [2.45, 2.75) is 24.5 Å². The largest absolute Gasteiger partial charge is 0.490 e. The highest BCUT2D eigenvalue weighted by molar-refractivity contribution is 5.65. The van der Waals surface area contributed by atoms with Crippen LogP contribution in [0.3, 0.4) is 0 Å². The fourth-order valence-electron chi connectivity index (χ4n) is 3.21. The van der Waals surface area contributed by atoms with E-state index in [1.165, 1.54) is 4.90 Å². The summed E-state index contributed by atoms with van der Waals surface area (Å²) in [6, 6.07) is 9.52. The van der Waals surface area contributed by atoms with Gasteiger partial charge < -0.3 is 19.8 Å². The summed E-state index contributed by atoms with van der Waals surface area (Å²) in [5, 5.41) is 19.5. The van der Waals surface area contributed by atoms with Crippen LogP contribution in [-0.2, 0) is 0 Å². The van der Waals surface area contributed by atoms with Crippen LogP contribution in [0.25, 0.3) is 0 Å². The average Bonchev–Trinajstić information content (AvgIpc) is 2.82. The van der Waals surface area contributed by atoms with Crippen molar-refractivity contribution in [3.05, 3.63) is 30.3 Å². The van der Waals surface area contributed by atoms with Crippen LogP contribution in [-0.4, -0.2) is 46.0 Å². The second kappa shape index (κ2) is 4.42. The molecule has 5 nitrogen and oxygen atoms in total. The van der Waals surface area contributed by atoms with Gasteiger partial charge in [-0.05, 0) is 18.6 Å². The van der Waals surface area contributed by atoms with Crippen LogP contribution in [0.4, 0.5) is 4.79 Å². The SMILES string of the molecule is O=C(O)N1C[C@@H]2C[C@@H](Oc3ccccc3)C[C@]2(O)C1. The fourth-order valence-corrected chi connectivity index (χ4v) is 3.21. The maximum atomic E-state index is 10.9. The van der Waals surface area contributed by atoms with Crippen LogP contribution < -0.4 is 4.74 Å². The third kappa shape index (κ3) is 2.26. The summed E-state index contributed by atoms with van der Waals surface area (Å²) >= 11 is 0. The quantitative estimate of drug-likeness (QED) is 0.849. The van der Waals surface area contributed by atoms with E-state index in [0.717, 1.165) is 5.75 Å². The maximum Gasteiger partial charge on any atom is 0.407 e. The van der Waals surface area contributed by atoms with E-state index in [2.05, 4.69) is 0 Å². The normalized spacial score (nSPS) is 33.2. The fraction of sp³-hybridized carbons (Fsp3) is 0.500. The second-order valence-electron chi connectivity index (χ2n) is 5.46. The van der Waals surface area contributed by atoms with E-state index in [1.54, 1.807) is 0 Å². The third-order valence-electron chi connectivity index (χ3n) is 4.11. The molecule has 0 radical (unpaired) electrons. The van der Waals surface area contributed by atoms with Crippen LogP contribution in [0.15, 0.2) is 30.3 Å². The Hall–Kier alpha value is -1.75. The van der Waals surface area contributed by atoms with Crippen LogP contribution in [0.1, 0.15) is 12.8 Å². The van der Waals surface area contributed by atoms with Crippen molar-refractivity contribution < 1.29 is 19.7 Å². The Bertz CT molecular complexity index is 478. The number of nitrogens with zero attached hydrogens (tertiary/aromatic N) is 1. The second-order valence-corrected chi connectivity index (χ2v) is 5.46. The molecule has 102 valence electrons. The smallest absolute Gasteiger partial charge is 0.407 e. The van der Waals surface area contributed by atoms with Gasteiger partial charge >= 0.3 is 6.09 Å². The predicted octanol–water partition coefficient (Wildman–Crippen LogP) is 1.57. The number of hydrogen-bond acceptors (Lipinski definition) is 3. The van der Waals surface area contributed by atoms with Crippen LogP contribution in [0, 0.1) is 5.92 Å².